The van der Waals surface area contributed by atoms with Gasteiger partial charge in [-0.05, 0) is 40.7 Å². The molecule has 1 heterocycles. The van der Waals surface area contributed by atoms with Crippen molar-refractivity contribution in [2.75, 3.05) is 0 Å². The van der Waals surface area contributed by atoms with Gasteiger partial charge in [-0.2, -0.15) is 0 Å². The van der Waals surface area contributed by atoms with Gasteiger partial charge in [-0.1, -0.05) is 6.92 Å². The van der Waals surface area contributed by atoms with E-state index in [1.807, 2.05) is 11.4 Å². The van der Waals surface area contributed by atoms with E-state index in [0.717, 1.165) is 4.47 Å². The fourth-order valence-corrected chi connectivity index (χ4v) is 2.48. The molecule has 0 aliphatic heterocycles. The largest absolute Gasteiger partial charge is 0.382 e. The molecule has 0 aliphatic carbocycles. The molecule has 13 heavy (non-hydrogen) atoms. The van der Waals surface area contributed by atoms with Crippen LogP contribution in [0, 0.1) is 0 Å². The molecule has 0 spiro atoms. The molecule has 1 rings (SSSR count). The fraction of sp³-hybridized carbons (Fsp3) is 0.444. The van der Waals surface area contributed by atoms with Crippen LogP contribution in [0.5, 0.6) is 0 Å². The van der Waals surface area contributed by atoms with Crippen molar-refractivity contribution in [1.29, 1.82) is 0 Å². The highest BCUT2D eigenvalue weighted by molar-refractivity contribution is 9.10. The van der Waals surface area contributed by atoms with Gasteiger partial charge in [0.15, 0.2) is 0 Å². The van der Waals surface area contributed by atoms with E-state index in [-0.39, 0.29) is 5.78 Å². The van der Waals surface area contributed by atoms with E-state index in [4.69, 9.17) is 0 Å². The number of carbonyl (C=O) groups is 1. The summed E-state index contributed by atoms with van der Waals surface area (Å²) in [6, 6.07) is 1.81. The summed E-state index contributed by atoms with van der Waals surface area (Å²) in [4.78, 5) is 12.3. The van der Waals surface area contributed by atoms with Crippen LogP contribution in [0.2, 0.25) is 0 Å². The van der Waals surface area contributed by atoms with Crippen molar-refractivity contribution >= 4 is 33.0 Å². The van der Waals surface area contributed by atoms with Crippen LogP contribution in [0.1, 0.15) is 29.9 Å². The number of aliphatic hydroxyl groups is 1. The molecular weight excluding hydrogens is 252 g/mol. The molecule has 0 saturated heterocycles. The second-order valence-electron chi connectivity index (χ2n) is 3.05. The fourth-order valence-electron chi connectivity index (χ4n) is 0.861. The molecule has 0 amide bonds. The first-order valence-electron chi connectivity index (χ1n) is 3.99. The molecule has 1 unspecified atom stereocenters. The maximum Gasteiger partial charge on any atom is 0.205 e. The van der Waals surface area contributed by atoms with Gasteiger partial charge < -0.3 is 5.11 Å². The summed E-state index contributed by atoms with van der Waals surface area (Å²) < 4.78 is 0.760. The lowest BCUT2D eigenvalue weighted by Gasteiger charge is -2.18. The van der Waals surface area contributed by atoms with Gasteiger partial charge in [0, 0.05) is 4.47 Å². The van der Waals surface area contributed by atoms with Crippen molar-refractivity contribution < 1.29 is 9.90 Å². The highest BCUT2D eigenvalue weighted by Crippen LogP contribution is 2.27. The van der Waals surface area contributed by atoms with Gasteiger partial charge in [0.2, 0.25) is 5.78 Å². The molecule has 1 aromatic rings. The Hall–Kier alpha value is -0.190. The van der Waals surface area contributed by atoms with E-state index in [0.29, 0.717) is 11.3 Å². The van der Waals surface area contributed by atoms with Gasteiger partial charge in [-0.3, -0.25) is 4.79 Å². The molecule has 4 heteroatoms. The highest BCUT2D eigenvalue weighted by atomic mass is 79.9. The Labute approximate surface area is 89.7 Å². The average molecular weight is 263 g/mol. The molecule has 0 bridgehead atoms. The summed E-state index contributed by atoms with van der Waals surface area (Å²) >= 11 is 4.61. The van der Waals surface area contributed by atoms with Gasteiger partial charge in [0.25, 0.3) is 0 Å². The van der Waals surface area contributed by atoms with Crippen LogP contribution in [-0.2, 0) is 0 Å². The lowest BCUT2D eigenvalue weighted by atomic mass is 9.97. The van der Waals surface area contributed by atoms with Gasteiger partial charge in [-0.15, -0.1) is 11.3 Å². The first-order valence-corrected chi connectivity index (χ1v) is 5.66. The molecule has 1 aromatic heterocycles. The second kappa shape index (κ2) is 3.90. The number of ketones is 1. The van der Waals surface area contributed by atoms with Crippen molar-refractivity contribution in [2.45, 2.75) is 25.9 Å². The van der Waals surface area contributed by atoms with Crippen LogP contribution in [0.25, 0.3) is 0 Å². The van der Waals surface area contributed by atoms with E-state index in [2.05, 4.69) is 15.9 Å². The minimum absolute atomic E-state index is 0.211. The predicted octanol–water partition coefficient (Wildman–Crippen LogP) is 2.85. The average Bonchev–Trinajstić information content (AvgIpc) is 2.50. The molecule has 2 nitrogen and oxygen atoms in total. The van der Waals surface area contributed by atoms with Crippen molar-refractivity contribution in [3.05, 3.63) is 20.8 Å². The number of hydrogen-bond acceptors (Lipinski definition) is 3. The first-order chi connectivity index (χ1) is 5.99. The van der Waals surface area contributed by atoms with E-state index < -0.39 is 5.60 Å². The summed E-state index contributed by atoms with van der Waals surface area (Å²) in [5.41, 5.74) is -1.24. The van der Waals surface area contributed by atoms with Crippen LogP contribution < -0.4 is 0 Å². The molecule has 0 radical (unpaired) electrons. The van der Waals surface area contributed by atoms with E-state index in [1.165, 1.54) is 11.3 Å². The number of rotatable bonds is 3. The maximum atomic E-state index is 11.7. The highest BCUT2D eigenvalue weighted by Gasteiger charge is 2.30. The van der Waals surface area contributed by atoms with E-state index in [1.54, 1.807) is 13.8 Å². The van der Waals surface area contributed by atoms with Gasteiger partial charge >= 0.3 is 0 Å². The van der Waals surface area contributed by atoms with Crippen molar-refractivity contribution in [1.82, 2.24) is 0 Å². The first kappa shape index (κ1) is 10.9. The monoisotopic (exact) mass is 262 g/mol. The van der Waals surface area contributed by atoms with Crippen LogP contribution in [0.15, 0.2) is 15.9 Å². The maximum absolute atomic E-state index is 11.7. The van der Waals surface area contributed by atoms with Crippen LogP contribution in [0.4, 0.5) is 0 Å². The van der Waals surface area contributed by atoms with Gasteiger partial charge in [0.1, 0.15) is 5.60 Å². The lowest BCUT2D eigenvalue weighted by molar-refractivity contribution is 0.0394. The molecule has 1 atom stereocenters. The van der Waals surface area contributed by atoms with Gasteiger partial charge in [0.05, 0.1) is 4.88 Å². The SMILES string of the molecule is CCC(C)(O)C(=O)c1sccc1Br. The minimum atomic E-state index is -1.24. The van der Waals surface area contributed by atoms with Crippen LogP contribution in [0.3, 0.4) is 0 Å². The third kappa shape index (κ3) is 2.18. The molecule has 72 valence electrons. The number of carbonyl (C=O) groups excluding carboxylic acids is 1. The second-order valence-corrected chi connectivity index (χ2v) is 4.82. The van der Waals surface area contributed by atoms with Gasteiger partial charge in [-0.25, -0.2) is 0 Å². The Morgan fingerprint density at radius 1 is 1.77 bits per heavy atom. The van der Waals surface area contributed by atoms with Crippen LogP contribution >= 0.6 is 27.3 Å². The quantitative estimate of drug-likeness (QED) is 0.851. The number of halogens is 1. The molecule has 1 N–H and O–H groups in total. The predicted molar refractivity (Wildman–Crippen MR) is 57.3 cm³/mol. The molecule has 0 aliphatic rings. The summed E-state index contributed by atoms with van der Waals surface area (Å²) in [7, 11) is 0. The third-order valence-corrected chi connectivity index (χ3v) is 3.84. The van der Waals surface area contributed by atoms with Crippen molar-refractivity contribution in [3.8, 4) is 0 Å². The molecule has 0 fully saturated rings. The smallest absolute Gasteiger partial charge is 0.205 e. The Morgan fingerprint density at radius 3 is 2.77 bits per heavy atom. The lowest BCUT2D eigenvalue weighted by Crippen LogP contribution is -2.33. The zero-order chi connectivity index (χ0) is 10.1. The Kier molecular flexibility index (Phi) is 3.27. The summed E-state index contributed by atoms with van der Waals surface area (Å²) in [5.74, 6) is -0.211. The Balaban J connectivity index is 2.98. The third-order valence-electron chi connectivity index (χ3n) is 2.00. The molecule has 0 aromatic carbocycles. The zero-order valence-electron chi connectivity index (χ0n) is 7.50. The Morgan fingerprint density at radius 2 is 2.38 bits per heavy atom. The number of thiophene rings is 1. The van der Waals surface area contributed by atoms with Crippen molar-refractivity contribution in [3.63, 3.8) is 0 Å². The minimum Gasteiger partial charge on any atom is -0.382 e. The molecular formula is C9H11BrO2S. The standard InChI is InChI=1S/C9H11BrO2S/c1-3-9(2,12)8(11)7-6(10)4-5-13-7/h4-5,12H,3H2,1-2H3. The topological polar surface area (TPSA) is 37.3 Å². The van der Waals surface area contributed by atoms with E-state index >= 15 is 0 Å². The summed E-state index contributed by atoms with van der Waals surface area (Å²) in [5, 5.41) is 11.5. The van der Waals surface area contributed by atoms with E-state index in [9.17, 15) is 9.90 Å². The Bertz CT molecular complexity index is 317. The number of hydrogen-bond donors (Lipinski definition) is 1. The van der Waals surface area contributed by atoms with Crippen LogP contribution in [-0.4, -0.2) is 16.5 Å². The van der Waals surface area contributed by atoms with Crippen molar-refractivity contribution in [2.24, 2.45) is 0 Å². The summed E-state index contributed by atoms with van der Waals surface area (Å²) in [6.45, 7) is 3.33. The number of Topliss-reactive ketones (excluding diaryl/α,β-unsaturated/α-hetero) is 1. The zero-order valence-corrected chi connectivity index (χ0v) is 9.91. The normalized spacial score (nSPS) is 15.4. The molecule has 0 saturated carbocycles. The summed E-state index contributed by atoms with van der Waals surface area (Å²) in [6.07, 6.45) is 0.427.